The standard InChI is InChI=1S/C35H48/c1-21(2)29-30-27-18-17-26(33(7,8)9)19-25(27)20-28(30)32(24-15-13-14-16-24)35(23(5)6,34(10,11)12)31(29)22(3)4/h13-15,17-23H,16H2,1-12H3. The van der Waals surface area contributed by atoms with Crippen molar-refractivity contribution in [3.8, 4) is 0 Å². The molecule has 0 bridgehead atoms. The van der Waals surface area contributed by atoms with E-state index in [0.29, 0.717) is 17.8 Å². The lowest BCUT2D eigenvalue weighted by Crippen LogP contribution is -2.48. The predicted octanol–water partition coefficient (Wildman–Crippen LogP) is 8.42. The third-order valence-corrected chi connectivity index (χ3v) is 8.70. The van der Waals surface area contributed by atoms with Crippen molar-refractivity contribution in [1.82, 2.24) is 0 Å². The Balaban J connectivity index is 2.28. The molecule has 0 heterocycles. The second kappa shape index (κ2) is 8.50. The molecule has 0 heteroatoms. The average Bonchev–Trinajstić information content (AvgIpc) is 3.37. The van der Waals surface area contributed by atoms with E-state index >= 15 is 0 Å². The van der Waals surface area contributed by atoms with Crippen molar-refractivity contribution in [1.29, 1.82) is 0 Å². The summed E-state index contributed by atoms with van der Waals surface area (Å²) in [6, 6.07) is 7.26. The van der Waals surface area contributed by atoms with Crippen LogP contribution >= 0.6 is 0 Å². The highest BCUT2D eigenvalue weighted by Gasteiger charge is 2.55. The minimum absolute atomic E-state index is 0.0249. The van der Waals surface area contributed by atoms with Gasteiger partial charge < -0.3 is 0 Å². The Labute approximate surface area is 215 Å². The zero-order valence-corrected chi connectivity index (χ0v) is 24.5. The van der Waals surface area contributed by atoms with Crippen LogP contribution in [0.2, 0.25) is 0 Å². The number of hydrogen-bond donors (Lipinski definition) is 0. The predicted molar refractivity (Wildman–Crippen MR) is 155 cm³/mol. The van der Waals surface area contributed by atoms with Crippen molar-refractivity contribution >= 4 is 11.6 Å². The SMILES string of the molecule is CC(C)C1=C(C(C)C)C(C(C)C)(C(C)(C)C)C(C2=CC=CC2)=C2C=c3cc(C(C)(C)C)ccc3=C21. The van der Waals surface area contributed by atoms with Gasteiger partial charge in [-0.25, -0.2) is 0 Å². The van der Waals surface area contributed by atoms with Gasteiger partial charge in [-0.05, 0) is 84.9 Å². The van der Waals surface area contributed by atoms with Crippen LogP contribution in [0.15, 0.2) is 64.3 Å². The van der Waals surface area contributed by atoms with E-state index in [2.05, 4.69) is 126 Å². The summed E-state index contributed by atoms with van der Waals surface area (Å²) in [6.07, 6.45) is 10.6. The molecule has 4 rings (SSSR count). The summed E-state index contributed by atoms with van der Waals surface area (Å²) in [7, 11) is 0. The normalized spacial score (nSPS) is 22.5. The number of rotatable bonds is 4. The fraction of sp³-hybridized carbons (Fsp3) is 0.543. The molecule has 0 aromatic heterocycles. The smallest absolute Gasteiger partial charge is 0.0250 e. The average molecular weight is 469 g/mol. The van der Waals surface area contributed by atoms with Crippen molar-refractivity contribution in [2.24, 2.45) is 28.6 Å². The second-order valence-electron chi connectivity index (χ2n) is 14.0. The van der Waals surface area contributed by atoms with E-state index in [1.165, 1.54) is 32.7 Å². The molecular weight excluding hydrogens is 420 g/mol. The van der Waals surface area contributed by atoms with Gasteiger partial charge in [-0.3, -0.25) is 0 Å². The van der Waals surface area contributed by atoms with E-state index in [-0.39, 0.29) is 16.2 Å². The molecule has 0 fully saturated rings. The van der Waals surface area contributed by atoms with Crippen LogP contribution in [0.5, 0.6) is 0 Å². The Morgan fingerprint density at radius 3 is 1.97 bits per heavy atom. The zero-order chi connectivity index (χ0) is 26.1. The first kappa shape index (κ1) is 26.0. The lowest BCUT2D eigenvalue weighted by Gasteiger charge is -2.57. The molecule has 3 aliphatic carbocycles. The van der Waals surface area contributed by atoms with Crippen LogP contribution in [0.3, 0.4) is 0 Å². The Hall–Kier alpha value is -2.08. The number of hydrogen-bond acceptors (Lipinski definition) is 0. The van der Waals surface area contributed by atoms with Gasteiger partial charge in [-0.1, -0.05) is 125 Å². The van der Waals surface area contributed by atoms with Crippen LogP contribution in [0, 0.1) is 28.6 Å². The molecule has 1 aromatic rings. The van der Waals surface area contributed by atoms with Crippen molar-refractivity contribution in [2.75, 3.05) is 0 Å². The molecule has 0 saturated heterocycles. The highest BCUT2D eigenvalue weighted by molar-refractivity contribution is 5.96. The maximum Gasteiger partial charge on any atom is 0.0250 e. The molecule has 1 atom stereocenters. The summed E-state index contributed by atoms with van der Waals surface area (Å²) < 4.78 is 0. The van der Waals surface area contributed by atoms with Crippen LogP contribution < -0.4 is 10.4 Å². The summed E-state index contributed by atoms with van der Waals surface area (Å²) >= 11 is 0. The summed E-state index contributed by atoms with van der Waals surface area (Å²) in [5, 5.41) is 2.84. The molecule has 0 saturated carbocycles. The van der Waals surface area contributed by atoms with E-state index in [0.717, 1.165) is 6.42 Å². The minimum Gasteiger partial charge on any atom is -0.0801 e. The van der Waals surface area contributed by atoms with Gasteiger partial charge in [0.05, 0.1) is 0 Å². The monoisotopic (exact) mass is 468 g/mol. The van der Waals surface area contributed by atoms with Gasteiger partial charge in [0, 0.05) is 5.41 Å². The van der Waals surface area contributed by atoms with Crippen molar-refractivity contribution < 1.29 is 0 Å². The third kappa shape index (κ3) is 3.78. The van der Waals surface area contributed by atoms with E-state index in [9.17, 15) is 0 Å². The molecule has 0 nitrogen and oxygen atoms in total. The molecule has 0 spiro atoms. The summed E-state index contributed by atoms with van der Waals surface area (Å²) in [6.45, 7) is 29.1. The van der Waals surface area contributed by atoms with Crippen LogP contribution in [0.4, 0.5) is 0 Å². The molecule has 0 amide bonds. The van der Waals surface area contributed by atoms with E-state index in [1.54, 1.807) is 16.7 Å². The van der Waals surface area contributed by atoms with E-state index in [1.807, 2.05) is 0 Å². The van der Waals surface area contributed by atoms with Crippen molar-refractivity contribution in [3.63, 3.8) is 0 Å². The van der Waals surface area contributed by atoms with Crippen LogP contribution in [0.1, 0.15) is 95.1 Å². The molecular formula is C35H48. The highest BCUT2D eigenvalue weighted by Crippen LogP contribution is 2.65. The zero-order valence-electron chi connectivity index (χ0n) is 24.5. The number of allylic oxidation sites excluding steroid dienone is 8. The second-order valence-corrected chi connectivity index (χ2v) is 14.0. The maximum atomic E-state index is 2.55. The molecule has 0 N–H and O–H groups in total. The molecule has 188 valence electrons. The molecule has 3 aliphatic rings. The fourth-order valence-electron chi connectivity index (χ4n) is 7.60. The highest BCUT2D eigenvalue weighted by atomic mass is 14.6. The van der Waals surface area contributed by atoms with Gasteiger partial charge in [0.2, 0.25) is 0 Å². The molecule has 0 aliphatic heterocycles. The third-order valence-electron chi connectivity index (χ3n) is 8.70. The molecule has 1 unspecified atom stereocenters. The summed E-state index contributed by atoms with van der Waals surface area (Å²) in [5.74, 6) is 1.43. The maximum absolute atomic E-state index is 2.55. The largest absolute Gasteiger partial charge is 0.0801 e. The van der Waals surface area contributed by atoms with Gasteiger partial charge in [0.25, 0.3) is 0 Å². The topological polar surface area (TPSA) is 0 Å². The quantitative estimate of drug-likeness (QED) is 0.416. The van der Waals surface area contributed by atoms with Gasteiger partial charge in [0.1, 0.15) is 0 Å². The van der Waals surface area contributed by atoms with Gasteiger partial charge in [-0.15, -0.1) is 0 Å². The Morgan fingerprint density at radius 2 is 1.51 bits per heavy atom. The first-order valence-corrected chi connectivity index (χ1v) is 13.9. The van der Waals surface area contributed by atoms with Crippen LogP contribution in [-0.4, -0.2) is 0 Å². The molecule has 0 radical (unpaired) electrons. The van der Waals surface area contributed by atoms with Crippen LogP contribution in [-0.2, 0) is 5.41 Å². The summed E-state index contributed by atoms with van der Waals surface area (Å²) in [4.78, 5) is 0. The molecule has 1 aromatic carbocycles. The van der Waals surface area contributed by atoms with Crippen LogP contribution in [0.25, 0.3) is 11.6 Å². The Bertz CT molecular complexity index is 1280. The lowest BCUT2D eigenvalue weighted by atomic mass is 9.46. The number of benzene rings is 1. The fourth-order valence-corrected chi connectivity index (χ4v) is 7.60. The first-order chi connectivity index (χ1) is 16.1. The summed E-state index contributed by atoms with van der Waals surface area (Å²) in [5.41, 5.74) is 11.0. The van der Waals surface area contributed by atoms with E-state index in [4.69, 9.17) is 0 Å². The minimum atomic E-state index is -0.0249. The van der Waals surface area contributed by atoms with E-state index < -0.39 is 0 Å². The van der Waals surface area contributed by atoms with Gasteiger partial charge >= 0.3 is 0 Å². The lowest BCUT2D eigenvalue weighted by molar-refractivity contribution is 0.102. The van der Waals surface area contributed by atoms with Gasteiger partial charge in [0.15, 0.2) is 0 Å². The Morgan fingerprint density at radius 1 is 0.857 bits per heavy atom. The molecule has 35 heavy (non-hydrogen) atoms. The van der Waals surface area contributed by atoms with Gasteiger partial charge in [-0.2, -0.15) is 0 Å². The van der Waals surface area contributed by atoms with Crippen molar-refractivity contribution in [3.05, 3.63) is 80.3 Å². The Kier molecular flexibility index (Phi) is 6.31. The van der Waals surface area contributed by atoms with Crippen molar-refractivity contribution in [2.45, 2.75) is 94.9 Å². The first-order valence-electron chi connectivity index (χ1n) is 13.9. The number of fused-ring (bicyclic) bond motifs is 2.